The van der Waals surface area contributed by atoms with Crippen LogP contribution in [0.1, 0.15) is 18.4 Å². The molecule has 0 aromatic heterocycles. The number of nitrogens with one attached hydrogen (secondary N) is 2. The van der Waals surface area contributed by atoms with Gasteiger partial charge in [0, 0.05) is 12.2 Å². The van der Waals surface area contributed by atoms with Crippen molar-refractivity contribution in [3.05, 3.63) is 29.8 Å². The average Bonchev–Trinajstić information content (AvgIpc) is 2.55. The van der Waals surface area contributed by atoms with Crippen molar-refractivity contribution in [1.82, 2.24) is 10.2 Å². The molecule has 0 aliphatic carbocycles. The maximum absolute atomic E-state index is 12.6. The highest BCUT2D eigenvalue weighted by Crippen LogP contribution is 2.30. The molecule has 1 aromatic carbocycles. The molecule has 0 radical (unpaired) electrons. The van der Waals surface area contributed by atoms with Crippen LogP contribution in [-0.2, 0) is 10.9 Å². The lowest BCUT2D eigenvalue weighted by Crippen LogP contribution is -2.58. The number of carbonyl (C=O) groups excluding carboxylic acids is 1. The number of rotatable bonds is 1. The van der Waals surface area contributed by atoms with Crippen molar-refractivity contribution < 1.29 is 22.7 Å². The Bertz CT molecular complexity index is 578. The van der Waals surface area contributed by atoms with Crippen LogP contribution in [0.3, 0.4) is 0 Å². The van der Waals surface area contributed by atoms with Gasteiger partial charge >= 0.3 is 12.2 Å². The molecule has 2 saturated heterocycles. The van der Waals surface area contributed by atoms with Gasteiger partial charge in [0.15, 0.2) is 0 Å². The molecule has 3 rings (SSSR count). The molecule has 0 unspecified atom stereocenters. The first-order valence-corrected chi connectivity index (χ1v) is 7.96. The highest BCUT2D eigenvalue weighted by Gasteiger charge is 2.39. The molecule has 2 heterocycles. The number of hydrogen-bond donors (Lipinski definition) is 2. The van der Waals surface area contributed by atoms with Gasteiger partial charge in [-0.15, -0.1) is 0 Å². The van der Waals surface area contributed by atoms with E-state index >= 15 is 0 Å². The molecule has 0 atom stereocenters. The zero-order chi connectivity index (χ0) is 17.2. The predicted molar refractivity (Wildman–Crippen MR) is 82.8 cm³/mol. The summed E-state index contributed by atoms with van der Waals surface area (Å²) < 4.78 is 43.6. The molecule has 2 N–H and O–H groups in total. The van der Waals surface area contributed by atoms with Crippen molar-refractivity contribution >= 4 is 11.7 Å². The van der Waals surface area contributed by atoms with E-state index in [4.69, 9.17) is 4.74 Å². The Morgan fingerprint density at radius 1 is 1.21 bits per heavy atom. The number of amides is 2. The van der Waals surface area contributed by atoms with E-state index in [-0.39, 0.29) is 11.6 Å². The number of hydrogen-bond acceptors (Lipinski definition) is 3. The molecule has 2 aliphatic rings. The predicted octanol–water partition coefficient (Wildman–Crippen LogP) is 2.69. The molecule has 24 heavy (non-hydrogen) atoms. The first-order valence-electron chi connectivity index (χ1n) is 7.96. The smallest absolute Gasteiger partial charge is 0.371 e. The van der Waals surface area contributed by atoms with Crippen LogP contribution in [0.5, 0.6) is 0 Å². The van der Waals surface area contributed by atoms with Gasteiger partial charge in [0.1, 0.15) is 0 Å². The second kappa shape index (κ2) is 6.60. The Hall–Kier alpha value is -1.80. The number of nitrogens with zero attached hydrogens (tertiary/aromatic N) is 1. The first-order chi connectivity index (χ1) is 11.4. The van der Waals surface area contributed by atoms with Gasteiger partial charge in [0.2, 0.25) is 0 Å². The minimum absolute atomic E-state index is 0.305. The van der Waals surface area contributed by atoms with E-state index in [9.17, 15) is 18.0 Å². The lowest BCUT2D eigenvalue weighted by Gasteiger charge is -2.45. The first kappa shape index (κ1) is 17.0. The fourth-order valence-corrected chi connectivity index (χ4v) is 3.15. The summed E-state index contributed by atoms with van der Waals surface area (Å²) in [6, 6.07) is 4.14. The zero-order valence-electron chi connectivity index (χ0n) is 13.2. The molecule has 2 amide bonds. The summed E-state index contributed by atoms with van der Waals surface area (Å²) in [4.78, 5) is 14.1. The van der Waals surface area contributed by atoms with E-state index in [2.05, 4.69) is 10.6 Å². The number of alkyl halides is 3. The van der Waals surface area contributed by atoms with Crippen molar-refractivity contribution in [3.63, 3.8) is 0 Å². The van der Waals surface area contributed by atoms with E-state index in [0.717, 1.165) is 38.1 Å². The number of piperidine rings is 1. The van der Waals surface area contributed by atoms with Gasteiger partial charge in [-0.25, -0.2) is 4.79 Å². The van der Waals surface area contributed by atoms with E-state index in [1.165, 1.54) is 12.1 Å². The molecule has 1 spiro atoms. The largest absolute Gasteiger partial charge is 0.416 e. The van der Waals surface area contributed by atoms with Gasteiger partial charge < -0.3 is 20.3 Å². The Labute approximate surface area is 138 Å². The number of ether oxygens (including phenoxy) is 1. The van der Waals surface area contributed by atoms with Crippen molar-refractivity contribution in [2.75, 3.05) is 38.1 Å². The van der Waals surface area contributed by atoms with Crippen molar-refractivity contribution in [3.8, 4) is 0 Å². The third-order valence-corrected chi connectivity index (χ3v) is 4.51. The maximum Gasteiger partial charge on any atom is 0.416 e. The fourth-order valence-electron chi connectivity index (χ4n) is 3.15. The topological polar surface area (TPSA) is 53.6 Å². The molecule has 2 fully saturated rings. The highest BCUT2D eigenvalue weighted by atomic mass is 19.4. The number of carbonyl (C=O) groups is 1. The van der Waals surface area contributed by atoms with Crippen molar-refractivity contribution in [2.24, 2.45) is 0 Å². The summed E-state index contributed by atoms with van der Waals surface area (Å²) in [6.45, 7) is 3.16. The Morgan fingerprint density at radius 3 is 2.50 bits per heavy atom. The zero-order valence-corrected chi connectivity index (χ0v) is 13.2. The van der Waals surface area contributed by atoms with Crippen LogP contribution in [0, 0.1) is 0 Å². The van der Waals surface area contributed by atoms with Crippen LogP contribution in [0.15, 0.2) is 24.3 Å². The van der Waals surface area contributed by atoms with Gasteiger partial charge in [-0.2, -0.15) is 13.2 Å². The van der Waals surface area contributed by atoms with E-state index < -0.39 is 11.7 Å². The van der Waals surface area contributed by atoms with Crippen LogP contribution < -0.4 is 10.6 Å². The summed E-state index contributed by atoms with van der Waals surface area (Å²) in [5, 5.41) is 5.93. The van der Waals surface area contributed by atoms with Crippen LogP contribution in [0.25, 0.3) is 0 Å². The summed E-state index contributed by atoms with van der Waals surface area (Å²) in [5.74, 6) is 0. The van der Waals surface area contributed by atoms with Gasteiger partial charge in [0.05, 0.1) is 24.3 Å². The van der Waals surface area contributed by atoms with Crippen LogP contribution >= 0.6 is 0 Å². The Morgan fingerprint density at radius 2 is 1.88 bits per heavy atom. The lowest BCUT2D eigenvalue weighted by atomic mass is 9.90. The number of morpholine rings is 1. The Kier molecular flexibility index (Phi) is 4.69. The van der Waals surface area contributed by atoms with Crippen LogP contribution in [0.4, 0.5) is 23.7 Å². The van der Waals surface area contributed by atoms with Crippen LogP contribution in [0.2, 0.25) is 0 Å². The van der Waals surface area contributed by atoms with Gasteiger partial charge in [0.25, 0.3) is 0 Å². The third kappa shape index (κ3) is 3.81. The van der Waals surface area contributed by atoms with Gasteiger partial charge in [-0.3, -0.25) is 0 Å². The van der Waals surface area contributed by atoms with E-state index in [1.807, 2.05) is 0 Å². The molecular weight excluding hydrogens is 323 g/mol. The highest BCUT2D eigenvalue weighted by molar-refractivity contribution is 5.89. The summed E-state index contributed by atoms with van der Waals surface area (Å²) in [6.07, 6.45) is -2.69. The van der Waals surface area contributed by atoms with Gasteiger partial charge in [-0.05, 0) is 50.2 Å². The van der Waals surface area contributed by atoms with E-state index in [0.29, 0.717) is 25.4 Å². The summed E-state index contributed by atoms with van der Waals surface area (Å²) in [7, 11) is 0. The standard InChI is InChI=1S/C16H20F3N3O2/c17-16(18,19)12-1-3-13(4-2-12)21-14(23)22-9-10-24-15(11-22)5-7-20-8-6-15/h1-4,20H,5-11H2,(H,21,23). The minimum Gasteiger partial charge on any atom is -0.371 e. The quantitative estimate of drug-likeness (QED) is 0.824. The summed E-state index contributed by atoms with van der Waals surface area (Å²) >= 11 is 0. The maximum atomic E-state index is 12.6. The third-order valence-electron chi connectivity index (χ3n) is 4.51. The molecule has 2 aliphatic heterocycles. The number of urea groups is 1. The lowest BCUT2D eigenvalue weighted by molar-refractivity contribution is -0.137. The number of halogens is 3. The molecule has 1 aromatic rings. The average molecular weight is 343 g/mol. The second-order valence-corrected chi connectivity index (χ2v) is 6.21. The van der Waals surface area contributed by atoms with Crippen molar-refractivity contribution in [1.29, 1.82) is 0 Å². The molecule has 0 bridgehead atoms. The molecule has 0 saturated carbocycles. The molecule has 5 nitrogen and oxygen atoms in total. The number of benzene rings is 1. The minimum atomic E-state index is -4.38. The number of anilines is 1. The van der Waals surface area contributed by atoms with Gasteiger partial charge in [-0.1, -0.05) is 0 Å². The molecular formula is C16H20F3N3O2. The summed E-state index contributed by atoms with van der Waals surface area (Å²) in [5.41, 5.74) is -0.694. The molecule has 8 heteroatoms. The van der Waals surface area contributed by atoms with Crippen LogP contribution in [-0.4, -0.2) is 49.3 Å². The Balaban J connectivity index is 1.62. The second-order valence-electron chi connectivity index (χ2n) is 6.21. The molecule has 132 valence electrons. The van der Waals surface area contributed by atoms with Crippen molar-refractivity contribution in [2.45, 2.75) is 24.6 Å². The SMILES string of the molecule is O=C(Nc1ccc(C(F)(F)F)cc1)N1CCOC2(CCNCC2)C1. The fraction of sp³-hybridized carbons (Fsp3) is 0.562. The normalized spacial score (nSPS) is 20.9. The van der Waals surface area contributed by atoms with E-state index in [1.54, 1.807) is 4.90 Å². The monoisotopic (exact) mass is 343 g/mol.